The molecule has 0 aromatic carbocycles. The fourth-order valence-electron chi connectivity index (χ4n) is 1.65. The summed E-state index contributed by atoms with van der Waals surface area (Å²) in [5.74, 6) is 0. The maximum atomic E-state index is 4.37. The maximum absolute atomic E-state index is 4.37. The quantitative estimate of drug-likeness (QED) is 0.579. The number of fused-ring (bicyclic) bond motifs is 1. The van der Waals surface area contributed by atoms with Crippen LogP contribution in [0.2, 0.25) is 0 Å². The van der Waals surface area contributed by atoms with Crippen molar-refractivity contribution in [1.29, 1.82) is 0 Å². The van der Waals surface area contributed by atoms with Crippen LogP contribution >= 0.6 is 11.3 Å². The Kier molecular flexibility index (Phi) is 1.12. The molecule has 2 rings (SSSR count). The molecule has 1 aromatic rings. The van der Waals surface area contributed by atoms with Gasteiger partial charge in [0, 0.05) is 15.7 Å². The first-order valence-corrected chi connectivity index (χ1v) is 4.80. The van der Waals surface area contributed by atoms with E-state index in [9.17, 15) is 0 Å². The summed E-state index contributed by atoms with van der Waals surface area (Å²) in [6.45, 7) is 9.14. The smallest absolute Gasteiger partial charge is 0.0798 e. The summed E-state index contributed by atoms with van der Waals surface area (Å²) in [6, 6.07) is 0. The second-order valence-electron chi connectivity index (χ2n) is 4.28. The number of hydrogen-bond donors (Lipinski definition) is 0. The normalized spacial score (nSPS) is 24.0. The van der Waals surface area contributed by atoms with Crippen LogP contribution in [0.5, 0.6) is 0 Å². The first kappa shape index (κ1) is 7.29. The standard InChI is InChI=1S/C9H13NS/c1-8(2)6-7(9(8,3)4)11-5-10-6/h5H,1-4H3. The van der Waals surface area contributed by atoms with E-state index >= 15 is 0 Å². The van der Waals surface area contributed by atoms with Crippen LogP contribution in [0.1, 0.15) is 38.3 Å². The lowest BCUT2D eigenvalue weighted by Gasteiger charge is -2.50. The van der Waals surface area contributed by atoms with Gasteiger partial charge in [-0.05, 0) is 0 Å². The lowest BCUT2D eigenvalue weighted by molar-refractivity contribution is 0.242. The van der Waals surface area contributed by atoms with Crippen LogP contribution < -0.4 is 0 Å². The largest absolute Gasteiger partial charge is 0.249 e. The third kappa shape index (κ3) is 0.598. The number of nitrogens with zero attached hydrogens (tertiary/aromatic N) is 1. The van der Waals surface area contributed by atoms with E-state index in [0.29, 0.717) is 5.41 Å². The van der Waals surface area contributed by atoms with Gasteiger partial charge in [-0.2, -0.15) is 0 Å². The van der Waals surface area contributed by atoms with Crippen molar-refractivity contribution in [2.75, 3.05) is 0 Å². The average Bonchev–Trinajstić information content (AvgIpc) is 2.32. The molecular formula is C9H13NS. The fraction of sp³-hybridized carbons (Fsp3) is 0.667. The van der Waals surface area contributed by atoms with Gasteiger partial charge in [-0.25, -0.2) is 4.98 Å². The van der Waals surface area contributed by atoms with Crippen molar-refractivity contribution in [3.63, 3.8) is 0 Å². The summed E-state index contributed by atoms with van der Waals surface area (Å²) in [4.78, 5) is 5.84. The van der Waals surface area contributed by atoms with Crippen LogP contribution in [-0.2, 0) is 10.8 Å². The zero-order valence-electron chi connectivity index (χ0n) is 7.43. The van der Waals surface area contributed by atoms with Crippen molar-refractivity contribution in [3.05, 3.63) is 16.1 Å². The molecule has 0 aliphatic heterocycles. The molecule has 0 spiro atoms. The Balaban J connectivity index is 2.63. The van der Waals surface area contributed by atoms with E-state index in [1.165, 1.54) is 10.6 Å². The molecule has 1 heterocycles. The van der Waals surface area contributed by atoms with Crippen molar-refractivity contribution >= 4 is 11.3 Å². The van der Waals surface area contributed by atoms with Gasteiger partial charge in [-0.3, -0.25) is 0 Å². The van der Waals surface area contributed by atoms with Gasteiger partial charge in [-0.15, -0.1) is 11.3 Å². The van der Waals surface area contributed by atoms with E-state index in [4.69, 9.17) is 0 Å². The third-order valence-corrected chi connectivity index (χ3v) is 4.44. The maximum Gasteiger partial charge on any atom is 0.0798 e. The molecule has 0 N–H and O–H groups in total. The molecule has 0 fully saturated rings. The molecule has 60 valence electrons. The van der Waals surface area contributed by atoms with Crippen molar-refractivity contribution in [2.45, 2.75) is 38.5 Å². The zero-order chi connectivity index (χ0) is 8.28. The van der Waals surface area contributed by atoms with Gasteiger partial charge in [0.2, 0.25) is 0 Å². The van der Waals surface area contributed by atoms with Gasteiger partial charge in [0.15, 0.2) is 0 Å². The Morgan fingerprint density at radius 2 is 1.82 bits per heavy atom. The number of rotatable bonds is 0. The summed E-state index contributed by atoms with van der Waals surface area (Å²) >= 11 is 1.79. The third-order valence-electron chi connectivity index (χ3n) is 3.29. The fourth-order valence-corrected chi connectivity index (χ4v) is 2.88. The van der Waals surface area contributed by atoms with Crippen LogP contribution in [-0.4, -0.2) is 4.98 Å². The van der Waals surface area contributed by atoms with Crippen molar-refractivity contribution in [1.82, 2.24) is 4.98 Å². The van der Waals surface area contributed by atoms with Gasteiger partial charge in [-0.1, -0.05) is 27.7 Å². The number of thiazole rings is 1. The number of hydrogen-bond acceptors (Lipinski definition) is 2. The summed E-state index contributed by atoms with van der Waals surface area (Å²) < 4.78 is 0. The Labute approximate surface area is 71.5 Å². The van der Waals surface area contributed by atoms with Crippen molar-refractivity contribution < 1.29 is 0 Å². The molecule has 0 atom stereocenters. The minimum Gasteiger partial charge on any atom is -0.249 e. The number of aromatic nitrogens is 1. The second-order valence-corrected chi connectivity index (χ2v) is 5.13. The highest BCUT2D eigenvalue weighted by Crippen LogP contribution is 2.56. The summed E-state index contributed by atoms with van der Waals surface area (Å²) in [6.07, 6.45) is 0. The Morgan fingerprint density at radius 3 is 2.36 bits per heavy atom. The van der Waals surface area contributed by atoms with Crippen LogP contribution in [0.25, 0.3) is 0 Å². The van der Waals surface area contributed by atoms with Crippen LogP contribution in [0.4, 0.5) is 0 Å². The molecule has 11 heavy (non-hydrogen) atoms. The highest BCUT2D eigenvalue weighted by atomic mass is 32.1. The monoisotopic (exact) mass is 167 g/mol. The van der Waals surface area contributed by atoms with E-state index in [1.807, 2.05) is 5.51 Å². The molecule has 1 aromatic heterocycles. The molecule has 0 bridgehead atoms. The summed E-state index contributed by atoms with van der Waals surface area (Å²) in [7, 11) is 0. The molecule has 0 saturated carbocycles. The lowest BCUT2D eigenvalue weighted by atomic mass is 9.55. The van der Waals surface area contributed by atoms with E-state index < -0.39 is 0 Å². The molecular weight excluding hydrogens is 154 g/mol. The van der Waals surface area contributed by atoms with Gasteiger partial charge in [0.1, 0.15) is 0 Å². The Bertz CT molecular complexity index is 268. The van der Waals surface area contributed by atoms with E-state index in [1.54, 1.807) is 11.3 Å². The highest BCUT2D eigenvalue weighted by Gasteiger charge is 2.53. The average molecular weight is 167 g/mol. The molecule has 0 radical (unpaired) electrons. The molecule has 0 amide bonds. The van der Waals surface area contributed by atoms with E-state index in [-0.39, 0.29) is 5.41 Å². The minimum atomic E-state index is 0.280. The molecule has 1 aliphatic rings. The van der Waals surface area contributed by atoms with Gasteiger partial charge >= 0.3 is 0 Å². The topological polar surface area (TPSA) is 12.9 Å². The van der Waals surface area contributed by atoms with Gasteiger partial charge in [0.25, 0.3) is 0 Å². The first-order chi connectivity index (χ1) is 4.98. The second kappa shape index (κ2) is 1.69. The van der Waals surface area contributed by atoms with E-state index in [2.05, 4.69) is 32.7 Å². The van der Waals surface area contributed by atoms with Crippen LogP contribution in [0, 0.1) is 0 Å². The molecule has 2 heteroatoms. The van der Waals surface area contributed by atoms with Crippen LogP contribution in [0.3, 0.4) is 0 Å². The summed E-state index contributed by atoms with van der Waals surface area (Å²) in [5.41, 5.74) is 3.89. The molecule has 1 aliphatic carbocycles. The van der Waals surface area contributed by atoms with Gasteiger partial charge < -0.3 is 0 Å². The van der Waals surface area contributed by atoms with Crippen molar-refractivity contribution in [3.8, 4) is 0 Å². The minimum absolute atomic E-state index is 0.280. The highest BCUT2D eigenvalue weighted by molar-refractivity contribution is 7.10. The molecule has 0 unspecified atom stereocenters. The molecule has 0 saturated heterocycles. The first-order valence-electron chi connectivity index (χ1n) is 3.92. The van der Waals surface area contributed by atoms with Crippen molar-refractivity contribution in [2.24, 2.45) is 0 Å². The predicted molar refractivity (Wildman–Crippen MR) is 48.2 cm³/mol. The van der Waals surface area contributed by atoms with Gasteiger partial charge in [0.05, 0.1) is 11.2 Å². The summed E-state index contributed by atoms with van der Waals surface area (Å²) in [5, 5.41) is 0. The lowest BCUT2D eigenvalue weighted by Crippen LogP contribution is -2.50. The predicted octanol–water partition coefficient (Wildman–Crippen LogP) is 2.71. The molecule has 1 nitrogen and oxygen atoms in total. The SMILES string of the molecule is CC1(C)c2ncsc2C1(C)C. The zero-order valence-corrected chi connectivity index (χ0v) is 8.25. The Hall–Kier alpha value is -0.370. The van der Waals surface area contributed by atoms with E-state index in [0.717, 1.165) is 0 Å². The Morgan fingerprint density at radius 1 is 1.18 bits per heavy atom. The van der Waals surface area contributed by atoms with Crippen LogP contribution in [0.15, 0.2) is 5.51 Å².